The van der Waals surface area contributed by atoms with E-state index >= 15 is 0 Å². The maximum atomic E-state index is 9.73. The summed E-state index contributed by atoms with van der Waals surface area (Å²) >= 11 is 0. The van der Waals surface area contributed by atoms with E-state index in [1.165, 1.54) is 0 Å². The second kappa shape index (κ2) is 3.09. The lowest BCUT2D eigenvalue weighted by molar-refractivity contribution is 0.0713. The van der Waals surface area contributed by atoms with Crippen LogP contribution in [0.1, 0.15) is 26.7 Å². The van der Waals surface area contributed by atoms with Gasteiger partial charge in [-0.1, -0.05) is 19.4 Å². The average molecular weight is 153 g/mol. The number of aliphatic hydroxyl groups is 1. The molecule has 1 atom stereocenters. The zero-order valence-electron chi connectivity index (χ0n) is 7.09. The molecule has 0 saturated carbocycles. The first kappa shape index (κ1) is 8.34. The minimum absolute atomic E-state index is 0.829. The molecule has 0 aromatic carbocycles. The normalized spacial score (nSPS) is 29.5. The van der Waals surface area contributed by atoms with Crippen LogP contribution in [-0.4, -0.2) is 10.8 Å². The zero-order valence-corrected chi connectivity index (χ0v) is 7.09. The van der Waals surface area contributed by atoms with Crippen molar-refractivity contribution in [2.24, 2.45) is 0 Å². The highest BCUT2D eigenvalue weighted by molar-refractivity contribution is 5.25. The average Bonchev–Trinajstić information content (AvgIpc) is 1.94. The largest absolute Gasteiger partial charge is 0.367 e. The van der Waals surface area contributed by atoms with E-state index in [-0.39, 0.29) is 0 Å². The third-order valence-corrected chi connectivity index (χ3v) is 1.90. The number of dihydropyridines is 1. The molecule has 0 bridgehead atoms. The van der Waals surface area contributed by atoms with Gasteiger partial charge in [-0.05, 0) is 31.2 Å². The standard InChI is InChI=1S/C9H15NO/c1-3-5-8-6-4-7-10-9(8,2)11/h4,6-7,10-11H,3,5H2,1-2H3. The fraction of sp³-hybridized carbons (Fsp3) is 0.556. The number of hydrogen-bond donors (Lipinski definition) is 2. The molecule has 2 N–H and O–H groups in total. The molecular weight excluding hydrogens is 138 g/mol. The third kappa shape index (κ3) is 1.84. The van der Waals surface area contributed by atoms with E-state index < -0.39 is 5.72 Å². The molecule has 0 aromatic rings. The van der Waals surface area contributed by atoms with Gasteiger partial charge in [-0.3, -0.25) is 0 Å². The second-order valence-corrected chi connectivity index (χ2v) is 3.02. The van der Waals surface area contributed by atoms with E-state index in [1.807, 2.05) is 12.2 Å². The van der Waals surface area contributed by atoms with Gasteiger partial charge in [0.05, 0.1) is 0 Å². The van der Waals surface area contributed by atoms with Crippen LogP contribution in [0.2, 0.25) is 0 Å². The van der Waals surface area contributed by atoms with Crippen LogP contribution in [0.15, 0.2) is 23.9 Å². The van der Waals surface area contributed by atoms with Gasteiger partial charge in [-0.15, -0.1) is 0 Å². The first-order valence-electron chi connectivity index (χ1n) is 4.03. The Morgan fingerprint density at radius 2 is 2.36 bits per heavy atom. The first-order valence-corrected chi connectivity index (χ1v) is 4.03. The summed E-state index contributed by atoms with van der Waals surface area (Å²) in [6, 6.07) is 0. The third-order valence-electron chi connectivity index (χ3n) is 1.90. The highest BCUT2D eigenvalue weighted by Crippen LogP contribution is 2.20. The van der Waals surface area contributed by atoms with Crippen LogP contribution in [0.5, 0.6) is 0 Å². The number of rotatable bonds is 2. The summed E-state index contributed by atoms with van der Waals surface area (Å²) in [6.07, 6.45) is 7.67. The summed E-state index contributed by atoms with van der Waals surface area (Å²) in [4.78, 5) is 0. The van der Waals surface area contributed by atoms with Gasteiger partial charge in [0.15, 0.2) is 5.72 Å². The van der Waals surface area contributed by atoms with E-state index in [9.17, 15) is 5.11 Å². The van der Waals surface area contributed by atoms with Gasteiger partial charge in [-0.25, -0.2) is 0 Å². The lowest BCUT2D eigenvalue weighted by Crippen LogP contribution is -2.42. The molecule has 0 saturated heterocycles. The lowest BCUT2D eigenvalue weighted by Gasteiger charge is -2.29. The molecule has 0 aromatic heterocycles. The van der Waals surface area contributed by atoms with E-state index in [2.05, 4.69) is 12.2 Å². The quantitative estimate of drug-likeness (QED) is 0.630. The van der Waals surface area contributed by atoms with Gasteiger partial charge in [0, 0.05) is 0 Å². The van der Waals surface area contributed by atoms with Crippen molar-refractivity contribution in [1.29, 1.82) is 0 Å². The van der Waals surface area contributed by atoms with Gasteiger partial charge < -0.3 is 10.4 Å². The van der Waals surface area contributed by atoms with Crippen molar-refractivity contribution >= 4 is 0 Å². The van der Waals surface area contributed by atoms with Crippen LogP contribution in [0.25, 0.3) is 0 Å². The highest BCUT2D eigenvalue weighted by atomic mass is 16.3. The molecule has 1 aliphatic rings. The predicted molar refractivity (Wildman–Crippen MR) is 45.9 cm³/mol. The van der Waals surface area contributed by atoms with Crippen molar-refractivity contribution < 1.29 is 5.11 Å². The van der Waals surface area contributed by atoms with Crippen molar-refractivity contribution in [3.8, 4) is 0 Å². The lowest BCUT2D eigenvalue weighted by atomic mass is 9.98. The number of hydrogen-bond acceptors (Lipinski definition) is 2. The van der Waals surface area contributed by atoms with Crippen molar-refractivity contribution in [3.05, 3.63) is 23.9 Å². The summed E-state index contributed by atoms with van der Waals surface area (Å²) in [5.74, 6) is 0. The van der Waals surface area contributed by atoms with Gasteiger partial charge in [0.1, 0.15) is 0 Å². The van der Waals surface area contributed by atoms with Gasteiger partial charge in [0.25, 0.3) is 0 Å². The topological polar surface area (TPSA) is 32.3 Å². The van der Waals surface area contributed by atoms with E-state index in [0.717, 1.165) is 18.4 Å². The Balaban J connectivity index is 2.71. The fourth-order valence-corrected chi connectivity index (χ4v) is 1.23. The van der Waals surface area contributed by atoms with Crippen LogP contribution in [0.4, 0.5) is 0 Å². The van der Waals surface area contributed by atoms with Crippen molar-refractivity contribution in [1.82, 2.24) is 5.32 Å². The summed E-state index contributed by atoms with van der Waals surface area (Å²) in [5.41, 5.74) is 0.229. The molecule has 11 heavy (non-hydrogen) atoms. The minimum Gasteiger partial charge on any atom is -0.367 e. The number of allylic oxidation sites excluding steroid dienone is 2. The summed E-state index contributed by atoms with van der Waals surface area (Å²) in [5, 5.41) is 12.6. The predicted octanol–water partition coefficient (Wildman–Crippen LogP) is 1.54. The van der Waals surface area contributed by atoms with E-state index in [1.54, 1.807) is 13.1 Å². The van der Waals surface area contributed by atoms with Crippen LogP contribution in [-0.2, 0) is 0 Å². The summed E-state index contributed by atoms with van der Waals surface area (Å²) in [7, 11) is 0. The maximum Gasteiger partial charge on any atom is 0.154 e. The van der Waals surface area contributed by atoms with E-state index in [0.29, 0.717) is 0 Å². The van der Waals surface area contributed by atoms with Gasteiger partial charge >= 0.3 is 0 Å². The molecule has 0 amide bonds. The monoisotopic (exact) mass is 153 g/mol. The molecule has 2 heteroatoms. The summed E-state index contributed by atoms with van der Waals surface area (Å²) in [6.45, 7) is 3.88. The molecule has 1 heterocycles. The van der Waals surface area contributed by atoms with Crippen LogP contribution in [0, 0.1) is 0 Å². The SMILES string of the molecule is CCCC1=CC=CNC1(C)O. The van der Waals surface area contributed by atoms with Crippen LogP contribution in [0.3, 0.4) is 0 Å². The molecule has 0 fully saturated rings. The van der Waals surface area contributed by atoms with Crippen molar-refractivity contribution in [2.45, 2.75) is 32.4 Å². The summed E-state index contributed by atoms with van der Waals surface area (Å²) < 4.78 is 0. The highest BCUT2D eigenvalue weighted by Gasteiger charge is 2.24. The Morgan fingerprint density at radius 3 is 2.91 bits per heavy atom. The second-order valence-electron chi connectivity index (χ2n) is 3.02. The first-order chi connectivity index (χ1) is 5.17. The van der Waals surface area contributed by atoms with Gasteiger partial charge in [0.2, 0.25) is 0 Å². The van der Waals surface area contributed by atoms with Crippen LogP contribution >= 0.6 is 0 Å². The van der Waals surface area contributed by atoms with Crippen LogP contribution < -0.4 is 5.32 Å². The molecule has 0 aliphatic carbocycles. The molecule has 1 aliphatic heterocycles. The molecule has 1 unspecified atom stereocenters. The van der Waals surface area contributed by atoms with Crippen molar-refractivity contribution in [2.75, 3.05) is 0 Å². The maximum absolute atomic E-state index is 9.73. The molecule has 1 rings (SSSR count). The van der Waals surface area contributed by atoms with E-state index in [4.69, 9.17) is 0 Å². The Hall–Kier alpha value is -0.760. The molecule has 0 spiro atoms. The molecule has 2 nitrogen and oxygen atoms in total. The Bertz CT molecular complexity index is 192. The Morgan fingerprint density at radius 1 is 1.64 bits per heavy atom. The molecule has 0 radical (unpaired) electrons. The Kier molecular flexibility index (Phi) is 2.35. The fourth-order valence-electron chi connectivity index (χ4n) is 1.23. The smallest absolute Gasteiger partial charge is 0.154 e. The Labute approximate surface area is 67.6 Å². The minimum atomic E-state index is -0.829. The van der Waals surface area contributed by atoms with Crippen molar-refractivity contribution in [3.63, 3.8) is 0 Å². The number of nitrogens with one attached hydrogen (secondary N) is 1. The van der Waals surface area contributed by atoms with Gasteiger partial charge in [-0.2, -0.15) is 0 Å². The molecular formula is C9H15NO. The zero-order chi connectivity index (χ0) is 8.32. The molecule has 62 valence electrons.